The molecular formula is C17H14N3O2S. The molecule has 2 aromatic carbocycles. The van der Waals surface area contributed by atoms with Crippen molar-refractivity contribution >= 4 is 38.5 Å². The number of nitrogens with one attached hydrogen (secondary N) is 1. The van der Waals surface area contributed by atoms with Crippen LogP contribution in [0.4, 0.5) is 5.13 Å². The molecule has 115 valence electrons. The Morgan fingerprint density at radius 3 is 2.65 bits per heavy atom. The minimum absolute atomic E-state index is 0.261. The molecule has 3 aromatic rings. The highest BCUT2D eigenvalue weighted by Crippen LogP contribution is 2.25. The Morgan fingerprint density at radius 2 is 1.87 bits per heavy atom. The lowest BCUT2D eigenvalue weighted by atomic mass is 10.0. The maximum absolute atomic E-state index is 12.0. The Balaban J connectivity index is 1.65. The lowest BCUT2D eigenvalue weighted by Gasteiger charge is -2.05. The summed E-state index contributed by atoms with van der Waals surface area (Å²) in [5.74, 6) is -0.760. The van der Waals surface area contributed by atoms with Gasteiger partial charge in [-0.2, -0.15) is 0 Å². The number of thiazole rings is 1. The molecule has 0 saturated heterocycles. The number of nitrogens with zero attached hydrogens (tertiary/aromatic N) is 1. The molecule has 6 heteroatoms. The lowest BCUT2D eigenvalue weighted by Crippen LogP contribution is -2.16. The molecule has 0 aliphatic carbocycles. The first kappa shape index (κ1) is 15.2. The maximum Gasteiger partial charge on any atom is 0.248 e. The zero-order valence-electron chi connectivity index (χ0n) is 12.2. The largest absolute Gasteiger partial charge is 0.366 e. The summed E-state index contributed by atoms with van der Waals surface area (Å²) in [6, 6.07) is 14.7. The number of carbonyl (C=O) groups excluding carboxylic acids is 2. The fraction of sp³-hybridized carbons (Fsp3) is 0.0588. The number of para-hydroxylation sites is 1. The lowest BCUT2D eigenvalue weighted by molar-refractivity contribution is -0.113. The summed E-state index contributed by atoms with van der Waals surface area (Å²) in [5.41, 5.74) is 7.33. The zero-order valence-corrected chi connectivity index (χ0v) is 13.0. The Labute approximate surface area is 137 Å². The first-order chi connectivity index (χ1) is 11.1. The van der Waals surface area contributed by atoms with E-state index in [4.69, 9.17) is 5.73 Å². The van der Waals surface area contributed by atoms with Gasteiger partial charge in [-0.25, -0.2) is 4.98 Å². The number of hydrogen-bond donors (Lipinski definition) is 2. The van der Waals surface area contributed by atoms with Crippen LogP contribution < -0.4 is 11.1 Å². The molecule has 2 amide bonds. The number of primary amides is 1. The van der Waals surface area contributed by atoms with Gasteiger partial charge < -0.3 is 11.1 Å². The third kappa shape index (κ3) is 3.54. The van der Waals surface area contributed by atoms with E-state index >= 15 is 0 Å². The summed E-state index contributed by atoms with van der Waals surface area (Å²) >= 11 is 1.42. The number of aromatic nitrogens is 1. The third-order valence-electron chi connectivity index (χ3n) is 3.31. The highest BCUT2D eigenvalue weighted by molar-refractivity contribution is 7.22. The number of benzene rings is 2. The predicted molar refractivity (Wildman–Crippen MR) is 91.2 cm³/mol. The summed E-state index contributed by atoms with van der Waals surface area (Å²) in [6.07, 6.45) is 1.81. The minimum Gasteiger partial charge on any atom is -0.366 e. The highest BCUT2D eigenvalue weighted by Gasteiger charge is 2.11. The second-order valence-corrected chi connectivity index (χ2v) is 5.94. The van der Waals surface area contributed by atoms with E-state index in [1.54, 1.807) is 24.3 Å². The van der Waals surface area contributed by atoms with E-state index in [-0.39, 0.29) is 5.91 Å². The smallest absolute Gasteiger partial charge is 0.248 e. The van der Waals surface area contributed by atoms with E-state index < -0.39 is 5.91 Å². The Kier molecular flexibility index (Phi) is 4.34. The summed E-state index contributed by atoms with van der Waals surface area (Å²) in [4.78, 5) is 27.7. The molecule has 1 heterocycles. The van der Waals surface area contributed by atoms with Gasteiger partial charge >= 0.3 is 0 Å². The zero-order chi connectivity index (χ0) is 16.2. The van der Waals surface area contributed by atoms with Crippen molar-refractivity contribution in [1.29, 1.82) is 0 Å². The van der Waals surface area contributed by atoms with Gasteiger partial charge in [-0.3, -0.25) is 9.59 Å². The van der Waals surface area contributed by atoms with E-state index in [1.807, 2.05) is 24.3 Å². The normalized spacial score (nSPS) is 10.6. The fourth-order valence-electron chi connectivity index (χ4n) is 2.22. The molecule has 1 radical (unpaired) electrons. The van der Waals surface area contributed by atoms with E-state index in [9.17, 15) is 9.59 Å². The van der Waals surface area contributed by atoms with Crippen LogP contribution in [0.25, 0.3) is 10.2 Å². The number of rotatable bonds is 5. The minimum atomic E-state index is -0.499. The molecule has 0 aliphatic rings. The molecule has 0 spiro atoms. The molecule has 0 atom stereocenters. The second kappa shape index (κ2) is 6.58. The van der Waals surface area contributed by atoms with Crippen molar-refractivity contribution in [3.05, 3.63) is 66.1 Å². The highest BCUT2D eigenvalue weighted by atomic mass is 32.1. The SMILES string of the molecule is NC(=O)c1ccccc1C[CH]C(=O)Nc1nc2ccccc2s1. The average Bonchev–Trinajstić information content (AvgIpc) is 2.95. The molecule has 0 unspecified atom stereocenters. The van der Waals surface area contributed by atoms with Crippen molar-refractivity contribution in [3.63, 3.8) is 0 Å². The van der Waals surface area contributed by atoms with Crippen LogP contribution in [0.3, 0.4) is 0 Å². The van der Waals surface area contributed by atoms with Crippen LogP contribution in [0, 0.1) is 6.42 Å². The number of carbonyl (C=O) groups is 2. The number of hydrogen-bond acceptors (Lipinski definition) is 4. The van der Waals surface area contributed by atoms with E-state index in [0.29, 0.717) is 17.1 Å². The Bertz CT molecular complexity index is 840. The number of anilines is 1. The van der Waals surface area contributed by atoms with E-state index in [0.717, 1.165) is 15.8 Å². The summed E-state index contributed by atoms with van der Waals surface area (Å²) in [6.45, 7) is 0. The molecule has 0 saturated carbocycles. The standard InChI is InChI=1S/C17H14N3O2S/c18-16(22)12-6-2-1-5-11(12)9-10-15(21)20-17-19-13-7-3-4-8-14(13)23-17/h1-8,10H,9H2,(H2,18,22)(H,19,20,21). The molecule has 0 aliphatic heterocycles. The third-order valence-corrected chi connectivity index (χ3v) is 4.27. The van der Waals surface area contributed by atoms with E-state index in [1.165, 1.54) is 17.8 Å². The van der Waals surface area contributed by atoms with Crippen molar-refractivity contribution in [2.75, 3.05) is 5.32 Å². The van der Waals surface area contributed by atoms with Crippen LogP contribution >= 0.6 is 11.3 Å². The molecule has 0 bridgehead atoms. The monoisotopic (exact) mass is 324 g/mol. The number of nitrogens with two attached hydrogens (primary N) is 1. The van der Waals surface area contributed by atoms with Crippen molar-refractivity contribution < 1.29 is 9.59 Å². The van der Waals surface area contributed by atoms with Gasteiger partial charge in [-0.15, -0.1) is 0 Å². The van der Waals surface area contributed by atoms with Gasteiger partial charge in [-0.05, 0) is 30.2 Å². The van der Waals surface area contributed by atoms with Gasteiger partial charge in [0.15, 0.2) is 5.13 Å². The van der Waals surface area contributed by atoms with E-state index in [2.05, 4.69) is 10.3 Å². The molecule has 23 heavy (non-hydrogen) atoms. The average molecular weight is 324 g/mol. The Morgan fingerprint density at radius 1 is 1.13 bits per heavy atom. The molecule has 5 nitrogen and oxygen atoms in total. The van der Waals surface area contributed by atoms with Gasteiger partial charge in [0.1, 0.15) is 0 Å². The van der Waals surface area contributed by atoms with Crippen LogP contribution in [-0.2, 0) is 11.2 Å². The molecular weight excluding hydrogens is 310 g/mol. The summed E-state index contributed by atoms with van der Waals surface area (Å²) in [7, 11) is 0. The number of fused-ring (bicyclic) bond motifs is 1. The first-order valence-electron chi connectivity index (χ1n) is 7.01. The van der Waals surface area contributed by atoms with Crippen LogP contribution in [0.1, 0.15) is 15.9 Å². The van der Waals surface area contributed by atoms with Crippen LogP contribution in [0.15, 0.2) is 48.5 Å². The van der Waals surface area contributed by atoms with Gasteiger partial charge in [0.05, 0.1) is 16.6 Å². The van der Waals surface area contributed by atoms with Gasteiger partial charge in [0.25, 0.3) is 0 Å². The molecule has 3 rings (SSSR count). The second-order valence-electron chi connectivity index (χ2n) is 4.91. The quantitative estimate of drug-likeness (QED) is 0.757. The van der Waals surface area contributed by atoms with Gasteiger partial charge in [0.2, 0.25) is 11.8 Å². The fourth-order valence-corrected chi connectivity index (χ4v) is 3.09. The van der Waals surface area contributed by atoms with Crippen molar-refractivity contribution in [2.45, 2.75) is 6.42 Å². The topological polar surface area (TPSA) is 85.1 Å². The first-order valence-corrected chi connectivity index (χ1v) is 7.82. The Hall–Kier alpha value is -2.73. The van der Waals surface area contributed by atoms with Crippen molar-refractivity contribution in [2.24, 2.45) is 5.73 Å². The molecule has 0 fully saturated rings. The van der Waals surface area contributed by atoms with Crippen LogP contribution in [0.5, 0.6) is 0 Å². The predicted octanol–water partition coefficient (Wildman–Crippen LogP) is 2.78. The van der Waals surface area contributed by atoms with Gasteiger partial charge in [0, 0.05) is 5.56 Å². The van der Waals surface area contributed by atoms with Crippen molar-refractivity contribution in [3.8, 4) is 0 Å². The number of amides is 2. The summed E-state index contributed by atoms with van der Waals surface area (Å²) < 4.78 is 1.02. The molecule has 1 aromatic heterocycles. The maximum atomic E-state index is 12.0. The summed E-state index contributed by atoms with van der Waals surface area (Å²) in [5, 5.41) is 3.30. The van der Waals surface area contributed by atoms with Crippen molar-refractivity contribution in [1.82, 2.24) is 4.98 Å². The van der Waals surface area contributed by atoms with Crippen LogP contribution in [-0.4, -0.2) is 16.8 Å². The van der Waals surface area contributed by atoms with Crippen LogP contribution in [0.2, 0.25) is 0 Å². The van der Waals surface area contributed by atoms with Gasteiger partial charge in [-0.1, -0.05) is 41.7 Å². The molecule has 3 N–H and O–H groups in total.